The molecule has 0 fully saturated rings. The Morgan fingerprint density at radius 1 is 1.17 bits per heavy atom. The maximum atomic E-state index is 11.0. The van der Waals surface area contributed by atoms with E-state index in [0.29, 0.717) is 5.57 Å². The number of hydrogen-bond acceptors (Lipinski definition) is 2. The Labute approximate surface area is 104 Å². The van der Waals surface area contributed by atoms with Gasteiger partial charge < -0.3 is 9.84 Å². The second-order valence-electron chi connectivity index (χ2n) is 4.38. The standard InChI is InChI=1S/C15H12O3/c16-15(17)11-5-6-14-13(8-11)7-10-3-1-2-4-12(10)9-18-14/h1-9,13-14H,(H,16,17). The van der Waals surface area contributed by atoms with E-state index in [1.54, 1.807) is 24.5 Å². The zero-order valence-electron chi connectivity index (χ0n) is 9.61. The van der Waals surface area contributed by atoms with Crippen molar-refractivity contribution in [2.45, 2.75) is 6.10 Å². The number of rotatable bonds is 1. The van der Waals surface area contributed by atoms with Crippen LogP contribution in [0.4, 0.5) is 0 Å². The first kappa shape index (κ1) is 10.8. The highest BCUT2D eigenvalue weighted by molar-refractivity contribution is 5.90. The predicted octanol–water partition coefficient (Wildman–Crippen LogP) is 0.801. The number of aliphatic carboxylic acids is 1. The van der Waals surface area contributed by atoms with E-state index in [-0.39, 0.29) is 12.0 Å². The molecule has 3 heteroatoms. The average Bonchev–Trinajstić information content (AvgIpc) is 2.56. The van der Waals surface area contributed by atoms with Crippen LogP contribution in [0.1, 0.15) is 0 Å². The summed E-state index contributed by atoms with van der Waals surface area (Å²) < 4.78 is 5.68. The second kappa shape index (κ2) is 4.18. The van der Waals surface area contributed by atoms with E-state index in [1.165, 1.54) is 0 Å². The van der Waals surface area contributed by atoms with E-state index in [2.05, 4.69) is 6.08 Å². The summed E-state index contributed by atoms with van der Waals surface area (Å²) >= 11 is 0. The number of carboxylic acid groups (broad SMARTS) is 1. The van der Waals surface area contributed by atoms with E-state index in [4.69, 9.17) is 9.84 Å². The van der Waals surface area contributed by atoms with Gasteiger partial charge in [0.15, 0.2) is 0 Å². The van der Waals surface area contributed by atoms with Crippen LogP contribution in [-0.2, 0) is 9.53 Å². The highest BCUT2D eigenvalue weighted by Crippen LogP contribution is 2.22. The Morgan fingerprint density at radius 2 is 1.94 bits per heavy atom. The van der Waals surface area contributed by atoms with Gasteiger partial charge in [0.2, 0.25) is 0 Å². The minimum Gasteiger partial charge on any atom is -0.492 e. The van der Waals surface area contributed by atoms with Crippen molar-refractivity contribution >= 4 is 18.3 Å². The van der Waals surface area contributed by atoms with Crippen LogP contribution in [0.25, 0.3) is 12.3 Å². The molecule has 1 aromatic rings. The molecule has 3 rings (SSSR count). The summed E-state index contributed by atoms with van der Waals surface area (Å²) in [4.78, 5) is 11.0. The molecule has 0 bridgehead atoms. The van der Waals surface area contributed by atoms with E-state index in [1.807, 2.05) is 24.3 Å². The summed E-state index contributed by atoms with van der Waals surface area (Å²) in [6.45, 7) is 0. The molecule has 1 aliphatic heterocycles. The molecule has 0 saturated carbocycles. The highest BCUT2D eigenvalue weighted by atomic mass is 16.5. The lowest BCUT2D eigenvalue weighted by molar-refractivity contribution is -0.132. The van der Waals surface area contributed by atoms with Crippen molar-refractivity contribution in [2.75, 3.05) is 0 Å². The van der Waals surface area contributed by atoms with Gasteiger partial charge >= 0.3 is 5.97 Å². The Balaban J connectivity index is 2.11. The first-order valence-corrected chi connectivity index (χ1v) is 5.80. The number of carbonyl (C=O) groups is 1. The average molecular weight is 240 g/mol. The molecule has 1 aromatic carbocycles. The van der Waals surface area contributed by atoms with Gasteiger partial charge in [-0.1, -0.05) is 36.4 Å². The third kappa shape index (κ3) is 1.84. The molecular formula is C15H12O3. The van der Waals surface area contributed by atoms with E-state index >= 15 is 0 Å². The minimum absolute atomic E-state index is 0.0407. The summed E-state index contributed by atoms with van der Waals surface area (Å²) in [5.41, 5.74) is 0.315. The van der Waals surface area contributed by atoms with Crippen molar-refractivity contribution in [3.63, 3.8) is 0 Å². The van der Waals surface area contributed by atoms with Gasteiger partial charge in [-0.3, -0.25) is 0 Å². The molecule has 18 heavy (non-hydrogen) atoms. The molecule has 2 aliphatic rings. The number of ether oxygens (including phenoxy) is 1. The second-order valence-corrected chi connectivity index (χ2v) is 4.38. The van der Waals surface area contributed by atoms with Crippen molar-refractivity contribution in [3.8, 4) is 0 Å². The Kier molecular flexibility index (Phi) is 2.52. The fraction of sp³-hybridized carbons (Fsp3) is 0.133. The van der Waals surface area contributed by atoms with Crippen LogP contribution >= 0.6 is 0 Å². The third-order valence-electron chi connectivity index (χ3n) is 3.18. The molecule has 1 aliphatic carbocycles. The summed E-state index contributed by atoms with van der Waals surface area (Å²) in [7, 11) is 0. The van der Waals surface area contributed by atoms with Crippen LogP contribution in [0.2, 0.25) is 0 Å². The van der Waals surface area contributed by atoms with Crippen molar-refractivity contribution in [1.82, 2.24) is 0 Å². The molecule has 3 nitrogen and oxygen atoms in total. The van der Waals surface area contributed by atoms with Crippen molar-refractivity contribution in [2.24, 2.45) is 5.92 Å². The van der Waals surface area contributed by atoms with Gasteiger partial charge in [0.1, 0.15) is 6.10 Å². The van der Waals surface area contributed by atoms with Crippen LogP contribution in [0, 0.1) is 5.92 Å². The van der Waals surface area contributed by atoms with Gasteiger partial charge in [0.25, 0.3) is 0 Å². The van der Waals surface area contributed by atoms with E-state index in [9.17, 15) is 4.79 Å². The topological polar surface area (TPSA) is 46.5 Å². The molecule has 2 atom stereocenters. The minimum atomic E-state index is -0.903. The maximum Gasteiger partial charge on any atom is 0.335 e. The highest BCUT2D eigenvalue weighted by Gasteiger charge is 2.23. The van der Waals surface area contributed by atoms with Gasteiger partial charge in [-0.05, 0) is 17.4 Å². The summed E-state index contributed by atoms with van der Waals surface area (Å²) in [6.07, 6.45) is 8.80. The molecule has 0 amide bonds. The van der Waals surface area contributed by atoms with Crippen LogP contribution in [0.3, 0.4) is 0 Å². The monoisotopic (exact) mass is 240 g/mol. The quantitative estimate of drug-likeness (QED) is 0.790. The van der Waals surface area contributed by atoms with Gasteiger partial charge in [-0.2, -0.15) is 0 Å². The molecule has 0 radical (unpaired) electrons. The number of benzene rings is 1. The normalized spacial score (nSPS) is 24.3. The van der Waals surface area contributed by atoms with Gasteiger partial charge in [-0.25, -0.2) is 4.79 Å². The van der Waals surface area contributed by atoms with Gasteiger partial charge in [0, 0.05) is 11.1 Å². The van der Waals surface area contributed by atoms with Crippen LogP contribution in [-0.4, -0.2) is 17.2 Å². The van der Waals surface area contributed by atoms with E-state index < -0.39 is 5.97 Å². The lowest BCUT2D eigenvalue weighted by atomic mass is 9.92. The molecule has 0 spiro atoms. The van der Waals surface area contributed by atoms with Crippen molar-refractivity contribution < 1.29 is 14.6 Å². The van der Waals surface area contributed by atoms with E-state index in [0.717, 1.165) is 10.4 Å². The van der Waals surface area contributed by atoms with Crippen LogP contribution < -0.4 is 10.4 Å². The molecule has 0 aromatic heterocycles. The Bertz CT molecular complexity index is 667. The molecule has 2 unspecified atom stereocenters. The molecule has 1 N–H and O–H groups in total. The van der Waals surface area contributed by atoms with Gasteiger partial charge in [-0.15, -0.1) is 0 Å². The summed E-state index contributed by atoms with van der Waals surface area (Å²) in [5, 5.41) is 11.1. The lowest BCUT2D eigenvalue weighted by Crippen LogP contribution is -2.24. The van der Waals surface area contributed by atoms with Crippen LogP contribution in [0.15, 0.2) is 48.1 Å². The van der Waals surface area contributed by atoms with Crippen molar-refractivity contribution in [3.05, 3.63) is 58.5 Å². The molecule has 90 valence electrons. The van der Waals surface area contributed by atoms with Gasteiger partial charge in [0.05, 0.1) is 11.8 Å². The third-order valence-corrected chi connectivity index (χ3v) is 3.18. The largest absolute Gasteiger partial charge is 0.492 e. The zero-order chi connectivity index (χ0) is 12.5. The maximum absolute atomic E-state index is 11.0. The summed E-state index contributed by atoms with van der Waals surface area (Å²) in [6, 6.07) is 7.90. The fourth-order valence-electron chi connectivity index (χ4n) is 2.24. The fourth-order valence-corrected chi connectivity index (χ4v) is 2.24. The number of fused-ring (bicyclic) bond motifs is 2. The SMILES string of the molecule is O=C(O)C1=CC2C=c3ccccc3=COC2C=C1. The number of hydrogen-bond donors (Lipinski definition) is 1. The zero-order valence-corrected chi connectivity index (χ0v) is 9.61. The van der Waals surface area contributed by atoms with Crippen LogP contribution in [0.5, 0.6) is 0 Å². The molecule has 1 heterocycles. The first-order valence-electron chi connectivity index (χ1n) is 5.80. The molecule has 0 saturated heterocycles. The predicted molar refractivity (Wildman–Crippen MR) is 67.8 cm³/mol. The molecular weight excluding hydrogens is 228 g/mol. The lowest BCUT2D eigenvalue weighted by Gasteiger charge is -2.21. The first-order chi connectivity index (χ1) is 8.74. The number of carboxylic acids is 1. The smallest absolute Gasteiger partial charge is 0.335 e. The Hall–Kier alpha value is -2.29. The summed E-state index contributed by atoms with van der Waals surface area (Å²) in [5.74, 6) is -0.944. The Morgan fingerprint density at radius 3 is 2.72 bits per heavy atom. The van der Waals surface area contributed by atoms with Crippen molar-refractivity contribution in [1.29, 1.82) is 0 Å².